The molecule has 0 aromatic rings. The topological polar surface area (TPSA) is 3.24 Å². The molecule has 1 aliphatic heterocycles. The van der Waals surface area contributed by atoms with E-state index in [1.165, 1.54) is 44.9 Å². The van der Waals surface area contributed by atoms with Gasteiger partial charge in [-0.25, -0.2) is 0 Å². The highest BCUT2D eigenvalue weighted by Crippen LogP contribution is 2.46. The quantitative estimate of drug-likeness (QED) is 0.678. The fourth-order valence-corrected chi connectivity index (χ4v) is 5.62. The van der Waals surface area contributed by atoms with Gasteiger partial charge in [0, 0.05) is 12.1 Å². The molecule has 0 radical (unpaired) electrons. The molecule has 1 heterocycles. The molecule has 5 atom stereocenters. The summed E-state index contributed by atoms with van der Waals surface area (Å²) in [5.74, 6) is 4.11. The summed E-state index contributed by atoms with van der Waals surface area (Å²) in [4.78, 5) is 2.71. The third-order valence-corrected chi connectivity index (χ3v) is 7.21. The van der Waals surface area contributed by atoms with Gasteiger partial charge in [-0.05, 0) is 63.3 Å². The lowest BCUT2D eigenvalue weighted by molar-refractivity contribution is 0.0641. The van der Waals surface area contributed by atoms with Crippen LogP contribution in [0.5, 0.6) is 0 Å². The van der Waals surface area contributed by atoms with Crippen molar-refractivity contribution in [3.63, 3.8) is 0 Å². The summed E-state index contributed by atoms with van der Waals surface area (Å²) in [5, 5.41) is 0. The summed E-state index contributed by atoms with van der Waals surface area (Å²) in [5.41, 5.74) is 0. The molecule has 0 amide bonds. The summed E-state index contributed by atoms with van der Waals surface area (Å²) >= 11 is 0. The van der Waals surface area contributed by atoms with Crippen LogP contribution >= 0.6 is 0 Å². The molecule has 2 aliphatic carbocycles. The largest absolute Gasteiger partial charge is 0.300 e. The van der Waals surface area contributed by atoms with E-state index in [1.807, 2.05) is 0 Å². The zero-order valence-electron chi connectivity index (χ0n) is 14.0. The predicted molar refractivity (Wildman–Crippen MR) is 86.8 cm³/mol. The molecule has 3 aliphatic rings. The Kier molecular flexibility index (Phi) is 4.75. The maximum Gasteiger partial charge on any atom is 0.0126 e. The molecule has 0 N–H and O–H groups in total. The van der Waals surface area contributed by atoms with E-state index < -0.39 is 0 Å². The molecule has 1 heteroatoms. The second-order valence-corrected chi connectivity index (χ2v) is 8.27. The molecular weight excluding hydrogens is 242 g/mol. The molecule has 1 nitrogen and oxygen atoms in total. The highest BCUT2D eigenvalue weighted by Gasteiger charge is 2.40. The lowest BCUT2D eigenvalue weighted by Crippen LogP contribution is -2.42. The van der Waals surface area contributed by atoms with E-state index >= 15 is 0 Å². The molecule has 3 fully saturated rings. The number of likely N-dealkylation sites (tertiary alicyclic amines) is 1. The van der Waals surface area contributed by atoms with Gasteiger partial charge in [0.25, 0.3) is 0 Å². The van der Waals surface area contributed by atoms with Gasteiger partial charge in [-0.15, -0.1) is 0 Å². The molecule has 1 saturated heterocycles. The molecule has 0 aromatic carbocycles. The van der Waals surface area contributed by atoms with Crippen LogP contribution in [0.2, 0.25) is 0 Å². The van der Waals surface area contributed by atoms with Crippen molar-refractivity contribution in [3.05, 3.63) is 0 Å². The summed E-state index contributed by atoms with van der Waals surface area (Å²) in [7, 11) is 2.39. The van der Waals surface area contributed by atoms with E-state index in [-0.39, 0.29) is 0 Å². The minimum atomic E-state index is 0.822. The number of hydrogen-bond donors (Lipinski definition) is 0. The zero-order chi connectivity index (χ0) is 14.1. The smallest absolute Gasteiger partial charge is 0.0126 e. The average Bonchev–Trinajstić information content (AvgIpc) is 2.81. The van der Waals surface area contributed by atoms with Crippen molar-refractivity contribution in [1.82, 2.24) is 4.90 Å². The first-order chi connectivity index (χ1) is 9.66. The molecule has 2 saturated carbocycles. The first-order valence-corrected chi connectivity index (χ1v) is 9.38. The van der Waals surface area contributed by atoms with Gasteiger partial charge >= 0.3 is 0 Å². The van der Waals surface area contributed by atoms with Crippen LogP contribution in [0.3, 0.4) is 0 Å². The summed E-state index contributed by atoms with van der Waals surface area (Å²) in [6.45, 7) is 4.96. The second kappa shape index (κ2) is 6.38. The summed E-state index contributed by atoms with van der Waals surface area (Å²) in [6, 6.07) is 1.72. The highest BCUT2D eigenvalue weighted by atomic mass is 15.2. The average molecular weight is 277 g/mol. The Morgan fingerprint density at radius 2 is 1.50 bits per heavy atom. The van der Waals surface area contributed by atoms with E-state index in [0.717, 1.165) is 35.8 Å². The Balaban J connectivity index is 1.64. The van der Waals surface area contributed by atoms with Crippen molar-refractivity contribution >= 4 is 0 Å². The molecular formula is C19H35N. The van der Waals surface area contributed by atoms with Crippen LogP contribution in [0.4, 0.5) is 0 Å². The van der Waals surface area contributed by atoms with Gasteiger partial charge in [0.1, 0.15) is 0 Å². The van der Waals surface area contributed by atoms with Crippen LogP contribution in [0.15, 0.2) is 0 Å². The van der Waals surface area contributed by atoms with Gasteiger partial charge < -0.3 is 4.90 Å². The molecule has 3 rings (SSSR count). The van der Waals surface area contributed by atoms with Crippen molar-refractivity contribution in [3.8, 4) is 0 Å². The molecule has 3 unspecified atom stereocenters. The van der Waals surface area contributed by atoms with Gasteiger partial charge in [0.15, 0.2) is 0 Å². The molecule has 116 valence electrons. The van der Waals surface area contributed by atoms with Crippen molar-refractivity contribution in [1.29, 1.82) is 0 Å². The van der Waals surface area contributed by atoms with Crippen molar-refractivity contribution in [2.24, 2.45) is 23.7 Å². The third-order valence-electron chi connectivity index (χ3n) is 7.21. The van der Waals surface area contributed by atoms with E-state index in [0.29, 0.717) is 0 Å². The Morgan fingerprint density at radius 3 is 2.15 bits per heavy atom. The minimum absolute atomic E-state index is 0.822. The number of hydrogen-bond acceptors (Lipinski definition) is 1. The van der Waals surface area contributed by atoms with Crippen LogP contribution < -0.4 is 0 Å². The monoisotopic (exact) mass is 277 g/mol. The maximum atomic E-state index is 2.71. The van der Waals surface area contributed by atoms with Gasteiger partial charge in [-0.3, -0.25) is 0 Å². The van der Waals surface area contributed by atoms with Crippen molar-refractivity contribution < 1.29 is 0 Å². The third kappa shape index (κ3) is 2.93. The van der Waals surface area contributed by atoms with E-state index in [9.17, 15) is 0 Å². The zero-order valence-corrected chi connectivity index (χ0v) is 14.0. The van der Waals surface area contributed by atoms with Crippen LogP contribution in [-0.2, 0) is 0 Å². The van der Waals surface area contributed by atoms with Crippen LogP contribution in [-0.4, -0.2) is 24.0 Å². The standard InChI is InChI=1S/C19H35N/c1-14-9-11-17(16-7-5-4-6-8-16)13-18(14)19-12-10-15(2)20(19)3/h14-19H,4-13H2,1-3H3/t14-,15?,17+,18?,19?/m1/s1. The van der Waals surface area contributed by atoms with Crippen LogP contribution in [0.1, 0.15) is 78.1 Å². The van der Waals surface area contributed by atoms with Gasteiger partial charge in [0.2, 0.25) is 0 Å². The van der Waals surface area contributed by atoms with E-state index in [4.69, 9.17) is 0 Å². The van der Waals surface area contributed by atoms with Gasteiger partial charge in [0.05, 0.1) is 0 Å². The maximum absolute atomic E-state index is 2.71. The lowest BCUT2D eigenvalue weighted by atomic mass is 9.65. The van der Waals surface area contributed by atoms with E-state index in [2.05, 4.69) is 25.8 Å². The predicted octanol–water partition coefficient (Wildman–Crippen LogP) is 5.10. The van der Waals surface area contributed by atoms with Crippen molar-refractivity contribution in [2.45, 2.75) is 90.1 Å². The Hall–Kier alpha value is -0.0400. The molecule has 0 spiro atoms. The number of rotatable bonds is 2. The van der Waals surface area contributed by atoms with Gasteiger partial charge in [-0.1, -0.05) is 45.4 Å². The van der Waals surface area contributed by atoms with Crippen molar-refractivity contribution in [2.75, 3.05) is 7.05 Å². The summed E-state index contributed by atoms with van der Waals surface area (Å²) in [6.07, 6.45) is 15.1. The lowest BCUT2D eigenvalue weighted by Gasteiger charge is -2.44. The van der Waals surface area contributed by atoms with Crippen LogP contribution in [0.25, 0.3) is 0 Å². The fourth-order valence-electron chi connectivity index (χ4n) is 5.62. The SMILES string of the molecule is CC1CCC(C2C[C@@H](C3CCCCC3)CC[C@H]2C)N1C. The Bertz CT molecular complexity index is 307. The van der Waals surface area contributed by atoms with E-state index in [1.54, 1.807) is 19.3 Å². The van der Waals surface area contributed by atoms with Gasteiger partial charge in [-0.2, -0.15) is 0 Å². The molecule has 0 bridgehead atoms. The highest BCUT2D eigenvalue weighted by molar-refractivity contribution is 4.93. The minimum Gasteiger partial charge on any atom is -0.300 e. The first kappa shape index (κ1) is 14.9. The normalized spacial score (nSPS) is 44.9. The second-order valence-electron chi connectivity index (χ2n) is 8.27. The first-order valence-electron chi connectivity index (χ1n) is 9.38. The Morgan fingerprint density at radius 1 is 0.750 bits per heavy atom. The fraction of sp³-hybridized carbons (Fsp3) is 1.00. The Labute approximate surface area is 126 Å². The summed E-state index contributed by atoms with van der Waals surface area (Å²) < 4.78 is 0. The molecule has 20 heavy (non-hydrogen) atoms. The van der Waals surface area contributed by atoms with Crippen LogP contribution in [0, 0.1) is 23.7 Å². The molecule has 0 aromatic heterocycles. The number of nitrogens with zero attached hydrogens (tertiary/aromatic N) is 1.